The molecule has 0 heterocycles. The van der Waals surface area contributed by atoms with E-state index in [0.29, 0.717) is 0 Å². The first kappa shape index (κ1) is 9.11. The summed E-state index contributed by atoms with van der Waals surface area (Å²) >= 11 is 0. The molecule has 7 heteroatoms. The standard InChI is InChI=1S/C3H8N2O5/c4-2(7)5-1(6)3(8,9)10/h1,6,8-10H,(H3,4,5,7). The smallest absolute Gasteiger partial charge is 0.323 e. The van der Waals surface area contributed by atoms with Crippen molar-refractivity contribution >= 4 is 6.03 Å². The molecule has 0 rings (SSSR count). The van der Waals surface area contributed by atoms with E-state index in [0.717, 1.165) is 0 Å². The molecule has 10 heavy (non-hydrogen) atoms. The lowest BCUT2D eigenvalue weighted by atomic mass is 10.5. The fourth-order valence-electron chi connectivity index (χ4n) is 0.232. The van der Waals surface area contributed by atoms with Crippen LogP contribution in [0.15, 0.2) is 0 Å². The number of rotatable bonds is 2. The highest BCUT2D eigenvalue weighted by atomic mass is 16.7. The van der Waals surface area contributed by atoms with Gasteiger partial charge in [0.25, 0.3) is 0 Å². The van der Waals surface area contributed by atoms with Gasteiger partial charge in [-0.05, 0) is 0 Å². The Morgan fingerprint density at radius 1 is 1.50 bits per heavy atom. The zero-order valence-corrected chi connectivity index (χ0v) is 4.85. The fourth-order valence-corrected chi connectivity index (χ4v) is 0.232. The summed E-state index contributed by atoms with van der Waals surface area (Å²) < 4.78 is 0. The van der Waals surface area contributed by atoms with Crippen LogP contribution in [0.25, 0.3) is 0 Å². The average Bonchev–Trinajstić information content (AvgIpc) is 1.60. The van der Waals surface area contributed by atoms with Crippen LogP contribution in [0.4, 0.5) is 4.79 Å². The van der Waals surface area contributed by atoms with Crippen LogP contribution in [-0.2, 0) is 0 Å². The molecule has 1 atom stereocenters. The van der Waals surface area contributed by atoms with Crippen LogP contribution in [-0.4, -0.2) is 38.7 Å². The topological polar surface area (TPSA) is 136 Å². The van der Waals surface area contributed by atoms with E-state index < -0.39 is 18.2 Å². The van der Waals surface area contributed by atoms with Gasteiger partial charge >= 0.3 is 12.0 Å². The first-order chi connectivity index (χ1) is 4.34. The van der Waals surface area contributed by atoms with Crippen molar-refractivity contribution in [1.29, 1.82) is 0 Å². The quantitative estimate of drug-likeness (QED) is 0.229. The fraction of sp³-hybridized carbons (Fsp3) is 0.667. The molecule has 0 aliphatic rings. The Morgan fingerprint density at radius 2 is 1.90 bits per heavy atom. The number of nitrogens with two attached hydrogens (primary N) is 1. The Hall–Kier alpha value is -0.890. The molecule has 0 aromatic carbocycles. The predicted octanol–water partition coefficient (Wildman–Crippen LogP) is -3.40. The van der Waals surface area contributed by atoms with Crippen LogP contribution in [0.3, 0.4) is 0 Å². The van der Waals surface area contributed by atoms with Crippen molar-refractivity contribution in [1.82, 2.24) is 5.32 Å². The molecule has 0 saturated heterocycles. The van der Waals surface area contributed by atoms with Crippen LogP contribution in [0.5, 0.6) is 0 Å². The minimum absolute atomic E-state index is 1.19. The summed E-state index contributed by atoms with van der Waals surface area (Å²) in [6.07, 6.45) is -2.22. The number of primary amides is 1. The molecule has 0 spiro atoms. The summed E-state index contributed by atoms with van der Waals surface area (Å²) in [5.41, 5.74) is 4.45. The molecule has 2 amide bonds. The van der Waals surface area contributed by atoms with Gasteiger partial charge in [-0.1, -0.05) is 0 Å². The molecule has 0 aromatic heterocycles. The van der Waals surface area contributed by atoms with E-state index in [-0.39, 0.29) is 0 Å². The average molecular weight is 152 g/mol. The molecule has 0 saturated carbocycles. The summed E-state index contributed by atoms with van der Waals surface area (Å²) in [6, 6.07) is -1.19. The Bertz CT molecular complexity index is 129. The van der Waals surface area contributed by atoms with Gasteiger partial charge in [0.05, 0.1) is 0 Å². The van der Waals surface area contributed by atoms with Crippen molar-refractivity contribution in [3.63, 3.8) is 0 Å². The molecule has 7 nitrogen and oxygen atoms in total. The zero-order chi connectivity index (χ0) is 8.36. The van der Waals surface area contributed by atoms with Gasteiger partial charge in [-0.3, -0.25) is 0 Å². The highest BCUT2D eigenvalue weighted by Gasteiger charge is 2.30. The molecule has 7 N–H and O–H groups in total. The van der Waals surface area contributed by atoms with Gasteiger partial charge in [0.2, 0.25) is 6.23 Å². The number of carbonyl (C=O) groups is 1. The van der Waals surface area contributed by atoms with E-state index in [1.54, 1.807) is 0 Å². The molecule has 0 aromatic rings. The number of aliphatic hydroxyl groups excluding tert-OH is 1. The number of aliphatic hydroxyl groups is 4. The second-order valence-corrected chi connectivity index (χ2v) is 1.60. The van der Waals surface area contributed by atoms with Crippen molar-refractivity contribution in [3.05, 3.63) is 0 Å². The lowest BCUT2D eigenvalue weighted by molar-refractivity contribution is -0.357. The third kappa shape index (κ3) is 3.20. The number of hydrogen-bond donors (Lipinski definition) is 6. The highest BCUT2D eigenvalue weighted by Crippen LogP contribution is 1.96. The van der Waals surface area contributed by atoms with Crippen LogP contribution in [0.2, 0.25) is 0 Å². The minimum atomic E-state index is -3.37. The summed E-state index contributed by atoms with van der Waals surface area (Å²) in [5.74, 6) is -3.37. The number of carbonyl (C=O) groups excluding carboxylic acids is 1. The molecule has 60 valence electrons. The lowest BCUT2D eigenvalue weighted by Gasteiger charge is -2.20. The van der Waals surface area contributed by atoms with Crippen molar-refractivity contribution in [2.75, 3.05) is 0 Å². The third-order valence-corrected chi connectivity index (χ3v) is 0.646. The van der Waals surface area contributed by atoms with Gasteiger partial charge in [0.15, 0.2) is 0 Å². The maximum atomic E-state index is 9.87. The van der Waals surface area contributed by atoms with E-state index >= 15 is 0 Å². The van der Waals surface area contributed by atoms with Gasteiger partial charge in [0, 0.05) is 0 Å². The monoisotopic (exact) mass is 152 g/mol. The lowest BCUT2D eigenvalue weighted by Crippen LogP contribution is -2.54. The maximum Gasteiger partial charge on any atom is 0.323 e. The molecule has 0 fully saturated rings. The Balaban J connectivity index is 3.85. The van der Waals surface area contributed by atoms with Gasteiger partial charge in [-0.2, -0.15) is 0 Å². The van der Waals surface area contributed by atoms with Crippen molar-refractivity contribution < 1.29 is 25.2 Å². The second kappa shape index (κ2) is 2.80. The van der Waals surface area contributed by atoms with E-state index in [1.165, 1.54) is 5.32 Å². The number of hydrogen-bond acceptors (Lipinski definition) is 5. The van der Waals surface area contributed by atoms with Crippen LogP contribution >= 0.6 is 0 Å². The van der Waals surface area contributed by atoms with Gasteiger partial charge < -0.3 is 31.5 Å². The molecule has 0 radical (unpaired) electrons. The summed E-state index contributed by atoms with van der Waals surface area (Å²) in [4.78, 5) is 9.87. The maximum absolute atomic E-state index is 9.87. The minimum Gasteiger partial charge on any atom is -0.367 e. The number of nitrogens with one attached hydrogen (secondary N) is 1. The predicted molar refractivity (Wildman–Crippen MR) is 28.1 cm³/mol. The van der Waals surface area contributed by atoms with E-state index in [4.69, 9.17) is 20.4 Å². The van der Waals surface area contributed by atoms with Crippen molar-refractivity contribution in [2.24, 2.45) is 5.73 Å². The van der Waals surface area contributed by atoms with Crippen molar-refractivity contribution in [2.45, 2.75) is 12.2 Å². The zero-order valence-electron chi connectivity index (χ0n) is 4.85. The van der Waals surface area contributed by atoms with Crippen LogP contribution < -0.4 is 11.1 Å². The molecule has 0 bridgehead atoms. The first-order valence-electron chi connectivity index (χ1n) is 2.25. The number of amides is 2. The SMILES string of the molecule is NC(=O)NC(O)C(O)(O)O. The first-order valence-corrected chi connectivity index (χ1v) is 2.25. The molecule has 0 aliphatic carbocycles. The summed E-state index contributed by atoms with van der Waals surface area (Å²) in [5, 5.41) is 34.2. The molecule has 1 unspecified atom stereocenters. The molecular formula is C3H8N2O5. The molecule has 0 aliphatic heterocycles. The van der Waals surface area contributed by atoms with E-state index in [1.807, 2.05) is 0 Å². The molecular weight excluding hydrogens is 144 g/mol. The summed E-state index contributed by atoms with van der Waals surface area (Å²) in [6.45, 7) is 0. The highest BCUT2D eigenvalue weighted by molar-refractivity contribution is 5.71. The van der Waals surface area contributed by atoms with Gasteiger partial charge in [-0.25, -0.2) is 4.79 Å². The van der Waals surface area contributed by atoms with Gasteiger partial charge in [-0.15, -0.1) is 0 Å². The van der Waals surface area contributed by atoms with E-state index in [9.17, 15) is 4.79 Å². The second-order valence-electron chi connectivity index (χ2n) is 1.60. The van der Waals surface area contributed by atoms with E-state index in [2.05, 4.69) is 5.73 Å². The van der Waals surface area contributed by atoms with Crippen molar-refractivity contribution in [3.8, 4) is 0 Å². The van der Waals surface area contributed by atoms with Gasteiger partial charge in [0.1, 0.15) is 0 Å². The Kier molecular flexibility index (Phi) is 2.55. The third-order valence-electron chi connectivity index (χ3n) is 0.646. The van der Waals surface area contributed by atoms with Crippen LogP contribution in [0.1, 0.15) is 0 Å². The van der Waals surface area contributed by atoms with Crippen LogP contribution in [0, 0.1) is 0 Å². The Morgan fingerprint density at radius 3 is 2.00 bits per heavy atom. The number of urea groups is 1. The summed E-state index contributed by atoms with van der Waals surface area (Å²) in [7, 11) is 0. The Labute approximate surface area is 55.7 Å². The normalized spacial score (nSPS) is 14.4. The largest absolute Gasteiger partial charge is 0.367 e.